The van der Waals surface area contributed by atoms with Crippen molar-refractivity contribution in [3.05, 3.63) is 11.6 Å². The lowest BCUT2D eigenvalue weighted by Crippen LogP contribution is -2.50. The van der Waals surface area contributed by atoms with Gasteiger partial charge in [-0.25, -0.2) is 4.79 Å². The molecule has 0 unspecified atom stereocenters. The number of piperidine rings is 1. The first kappa shape index (κ1) is 19.1. The van der Waals surface area contributed by atoms with Crippen LogP contribution < -0.4 is 5.32 Å². The average molecular weight is 363 g/mol. The minimum absolute atomic E-state index is 0.0441. The molecule has 2 aliphatic heterocycles. The summed E-state index contributed by atoms with van der Waals surface area (Å²) in [5.41, 5.74) is -0.194. The number of likely N-dealkylation sites (tertiary alicyclic amines) is 2. The summed E-state index contributed by atoms with van der Waals surface area (Å²) in [7, 11) is 0. The normalized spacial score (nSPS) is 19.9. The monoisotopic (exact) mass is 362 g/mol. The van der Waals surface area contributed by atoms with Crippen molar-refractivity contribution in [3.63, 3.8) is 0 Å². The van der Waals surface area contributed by atoms with E-state index in [4.69, 9.17) is 0 Å². The van der Waals surface area contributed by atoms with E-state index in [1.807, 2.05) is 25.7 Å². The van der Waals surface area contributed by atoms with Gasteiger partial charge in [0.1, 0.15) is 11.6 Å². The number of hydrogen-bond donors (Lipinski definition) is 1. The van der Waals surface area contributed by atoms with Gasteiger partial charge < -0.3 is 14.8 Å². The van der Waals surface area contributed by atoms with Crippen LogP contribution in [-0.2, 0) is 13.1 Å². The Bertz CT molecular complexity index is 606. The smallest absolute Gasteiger partial charge is 0.317 e. The summed E-state index contributed by atoms with van der Waals surface area (Å²) in [4.78, 5) is 16.8. The van der Waals surface area contributed by atoms with Gasteiger partial charge in [-0.1, -0.05) is 0 Å². The Labute approximate surface area is 157 Å². The number of carbonyl (C=O) groups is 1. The van der Waals surface area contributed by atoms with Crippen molar-refractivity contribution in [3.8, 4) is 0 Å². The first-order valence-electron chi connectivity index (χ1n) is 10.1. The second-order valence-corrected chi connectivity index (χ2v) is 8.64. The molecule has 3 heterocycles. The number of urea groups is 1. The molecule has 2 aliphatic rings. The van der Waals surface area contributed by atoms with Gasteiger partial charge in [0.05, 0.1) is 6.54 Å². The lowest BCUT2D eigenvalue weighted by atomic mass is 9.96. The predicted molar refractivity (Wildman–Crippen MR) is 102 cm³/mol. The molecular formula is C19H34N6O. The number of rotatable bonds is 4. The van der Waals surface area contributed by atoms with Crippen LogP contribution in [-0.4, -0.2) is 62.3 Å². The number of aromatic nitrogens is 3. The maximum Gasteiger partial charge on any atom is 0.317 e. The molecule has 7 heteroatoms. The van der Waals surface area contributed by atoms with Crippen molar-refractivity contribution >= 4 is 6.03 Å². The van der Waals surface area contributed by atoms with E-state index in [1.165, 1.54) is 25.9 Å². The predicted octanol–water partition coefficient (Wildman–Crippen LogP) is 2.58. The Hall–Kier alpha value is -1.63. The zero-order chi connectivity index (χ0) is 18.7. The van der Waals surface area contributed by atoms with E-state index in [9.17, 15) is 4.79 Å². The summed E-state index contributed by atoms with van der Waals surface area (Å²) >= 11 is 0. The molecule has 1 N–H and O–H groups in total. The van der Waals surface area contributed by atoms with Gasteiger partial charge in [-0.3, -0.25) is 4.90 Å². The molecule has 1 aromatic rings. The van der Waals surface area contributed by atoms with E-state index in [0.717, 1.165) is 50.7 Å². The van der Waals surface area contributed by atoms with Crippen molar-refractivity contribution in [1.82, 2.24) is 29.9 Å². The van der Waals surface area contributed by atoms with Crippen LogP contribution in [0.25, 0.3) is 0 Å². The summed E-state index contributed by atoms with van der Waals surface area (Å²) in [6, 6.07) is 0.0441. The van der Waals surface area contributed by atoms with Crippen LogP contribution in [0.15, 0.2) is 0 Å². The molecular weight excluding hydrogens is 328 g/mol. The van der Waals surface area contributed by atoms with Crippen LogP contribution in [0, 0.1) is 0 Å². The minimum Gasteiger partial charge on any atom is -0.333 e. The van der Waals surface area contributed by atoms with Crippen molar-refractivity contribution in [1.29, 1.82) is 0 Å². The molecule has 1 aromatic heterocycles. The van der Waals surface area contributed by atoms with Gasteiger partial charge in [-0.05, 0) is 66.5 Å². The Balaban J connectivity index is 1.60. The van der Waals surface area contributed by atoms with Gasteiger partial charge in [0.2, 0.25) is 0 Å². The van der Waals surface area contributed by atoms with E-state index in [1.54, 1.807) is 0 Å². The van der Waals surface area contributed by atoms with E-state index in [2.05, 4.69) is 31.9 Å². The highest BCUT2D eigenvalue weighted by atomic mass is 16.2. The summed E-state index contributed by atoms with van der Waals surface area (Å²) in [5.74, 6) is 2.60. The number of nitrogens with zero attached hydrogens (tertiary/aromatic N) is 5. The Morgan fingerprint density at radius 3 is 2.35 bits per heavy atom. The van der Waals surface area contributed by atoms with Crippen LogP contribution >= 0.6 is 0 Å². The molecule has 0 radical (unpaired) electrons. The topological polar surface area (TPSA) is 66.3 Å². The molecule has 26 heavy (non-hydrogen) atoms. The molecule has 0 aliphatic carbocycles. The Morgan fingerprint density at radius 1 is 1.12 bits per heavy atom. The molecule has 2 fully saturated rings. The van der Waals surface area contributed by atoms with Crippen LogP contribution in [0.4, 0.5) is 4.79 Å². The van der Waals surface area contributed by atoms with E-state index < -0.39 is 0 Å². The van der Waals surface area contributed by atoms with Gasteiger partial charge in [0.15, 0.2) is 0 Å². The number of nitrogens with one attached hydrogen (secondary N) is 1. The fraction of sp³-hybridized carbons (Fsp3) is 0.842. The summed E-state index contributed by atoms with van der Waals surface area (Å²) in [5, 5.41) is 12.1. The molecule has 0 saturated carbocycles. The molecule has 2 saturated heterocycles. The maximum absolute atomic E-state index is 12.4. The van der Waals surface area contributed by atoms with Crippen LogP contribution in [0.5, 0.6) is 0 Å². The molecule has 7 nitrogen and oxygen atoms in total. The first-order chi connectivity index (χ1) is 12.4. The third-order valence-electron chi connectivity index (χ3n) is 5.37. The molecule has 0 aromatic carbocycles. The van der Waals surface area contributed by atoms with Crippen molar-refractivity contribution in [2.75, 3.05) is 26.2 Å². The van der Waals surface area contributed by atoms with Gasteiger partial charge in [-0.15, -0.1) is 10.2 Å². The summed E-state index contributed by atoms with van der Waals surface area (Å²) in [6.45, 7) is 14.0. The molecule has 146 valence electrons. The van der Waals surface area contributed by atoms with Crippen molar-refractivity contribution < 1.29 is 4.79 Å². The lowest BCUT2D eigenvalue weighted by Gasteiger charge is -2.34. The lowest BCUT2D eigenvalue weighted by molar-refractivity contribution is 0.171. The fourth-order valence-corrected chi connectivity index (χ4v) is 3.99. The van der Waals surface area contributed by atoms with Crippen LogP contribution in [0.1, 0.15) is 70.9 Å². The van der Waals surface area contributed by atoms with E-state index >= 15 is 0 Å². The molecule has 0 atom stereocenters. The zero-order valence-electron chi connectivity index (χ0n) is 16.8. The largest absolute Gasteiger partial charge is 0.333 e. The molecule has 2 amide bonds. The van der Waals surface area contributed by atoms with Gasteiger partial charge in [-0.2, -0.15) is 0 Å². The highest BCUT2D eigenvalue weighted by Crippen LogP contribution is 2.28. The SMILES string of the molecule is CCn1c(CN2CCCC2)nnc1C1CCN(C(=O)NC(C)(C)C)CC1. The molecule has 3 rings (SSSR count). The minimum atomic E-state index is -0.194. The summed E-state index contributed by atoms with van der Waals surface area (Å²) in [6.07, 6.45) is 4.50. The van der Waals surface area contributed by atoms with Gasteiger partial charge in [0, 0.05) is 31.1 Å². The zero-order valence-corrected chi connectivity index (χ0v) is 16.8. The molecule has 0 spiro atoms. The van der Waals surface area contributed by atoms with Crippen molar-refractivity contribution in [2.45, 2.75) is 77.9 Å². The van der Waals surface area contributed by atoms with Gasteiger partial charge >= 0.3 is 6.03 Å². The second kappa shape index (κ2) is 7.94. The Morgan fingerprint density at radius 2 is 1.77 bits per heavy atom. The third kappa shape index (κ3) is 4.55. The Kier molecular flexibility index (Phi) is 5.85. The molecule has 0 bridgehead atoms. The average Bonchev–Trinajstić information content (AvgIpc) is 3.23. The van der Waals surface area contributed by atoms with E-state index in [0.29, 0.717) is 5.92 Å². The van der Waals surface area contributed by atoms with E-state index in [-0.39, 0.29) is 11.6 Å². The van der Waals surface area contributed by atoms with Crippen LogP contribution in [0.2, 0.25) is 0 Å². The number of hydrogen-bond acceptors (Lipinski definition) is 4. The maximum atomic E-state index is 12.4. The first-order valence-corrected chi connectivity index (χ1v) is 10.1. The standard InChI is InChI=1S/C19H34N6O/c1-5-25-16(14-23-10-6-7-11-23)21-22-17(25)15-8-12-24(13-9-15)18(26)20-19(2,3)4/h15H,5-14H2,1-4H3,(H,20,26). The summed E-state index contributed by atoms with van der Waals surface area (Å²) < 4.78 is 2.30. The third-order valence-corrected chi connectivity index (χ3v) is 5.37. The second-order valence-electron chi connectivity index (χ2n) is 8.64. The number of carbonyl (C=O) groups excluding carboxylic acids is 1. The van der Waals surface area contributed by atoms with Gasteiger partial charge in [0.25, 0.3) is 0 Å². The quantitative estimate of drug-likeness (QED) is 0.894. The highest BCUT2D eigenvalue weighted by Gasteiger charge is 2.29. The van der Waals surface area contributed by atoms with Crippen molar-refractivity contribution in [2.24, 2.45) is 0 Å². The highest BCUT2D eigenvalue weighted by molar-refractivity contribution is 5.75. The number of amides is 2. The fourth-order valence-electron chi connectivity index (χ4n) is 3.99. The van der Waals surface area contributed by atoms with Crippen LogP contribution in [0.3, 0.4) is 0 Å².